The smallest absolute Gasteiger partial charge is 0.123 e. The number of methoxy groups -OCH3 is 1. The van der Waals surface area contributed by atoms with Crippen molar-refractivity contribution in [3.8, 4) is 5.75 Å². The Labute approximate surface area is 129 Å². The molecule has 2 aromatic rings. The van der Waals surface area contributed by atoms with Crippen LogP contribution in [0.1, 0.15) is 12.1 Å². The summed E-state index contributed by atoms with van der Waals surface area (Å²) >= 11 is 0. The minimum atomic E-state index is -0.325. The molecule has 0 bridgehead atoms. The molecule has 5 nitrogen and oxygen atoms in total. The van der Waals surface area contributed by atoms with Crippen LogP contribution in [0.15, 0.2) is 36.5 Å². The second-order valence-electron chi connectivity index (χ2n) is 5.67. The van der Waals surface area contributed by atoms with Crippen molar-refractivity contribution >= 4 is 0 Å². The van der Waals surface area contributed by atoms with Crippen LogP contribution in [0.4, 0.5) is 4.39 Å². The van der Waals surface area contributed by atoms with Crippen LogP contribution in [0, 0.1) is 5.82 Å². The molecular formula is C16H20FN3O2. The summed E-state index contributed by atoms with van der Waals surface area (Å²) < 4.78 is 24.4. The molecule has 1 saturated heterocycles. The molecule has 0 amide bonds. The number of nitrogens with zero attached hydrogens (tertiary/aromatic N) is 2. The van der Waals surface area contributed by atoms with Crippen LogP contribution in [-0.2, 0) is 11.3 Å². The van der Waals surface area contributed by atoms with E-state index in [9.17, 15) is 4.39 Å². The Balaban J connectivity index is 1.57. The molecular weight excluding hydrogens is 285 g/mol. The summed E-state index contributed by atoms with van der Waals surface area (Å²) in [5.74, 6) is 0.394. The Morgan fingerprint density at radius 2 is 2.14 bits per heavy atom. The third kappa shape index (κ3) is 3.45. The third-order valence-corrected chi connectivity index (χ3v) is 4.10. The van der Waals surface area contributed by atoms with Crippen LogP contribution >= 0.6 is 0 Å². The van der Waals surface area contributed by atoms with Crippen LogP contribution in [0.25, 0.3) is 0 Å². The van der Waals surface area contributed by atoms with Crippen molar-refractivity contribution < 1.29 is 13.9 Å². The maximum Gasteiger partial charge on any atom is 0.123 e. The van der Waals surface area contributed by atoms with E-state index in [0.717, 1.165) is 31.7 Å². The highest BCUT2D eigenvalue weighted by Gasteiger charge is 2.39. The molecule has 2 heterocycles. The molecule has 1 atom stereocenters. The van der Waals surface area contributed by atoms with Crippen LogP contribution in [-0.4, -0.2) is 47.5 Å². The summed E-state index contributed by atoms with van der Waals surface area (Å²) in [4.78, 5) is 2.31. The Hall–Kier alpha value is -1.92. The standard InChI is InChI=1S/C16H20FN3O2/c1-21-16(12-22-15-4-2-13(17)3-5-15)7-9-20(11-16)10-14-6-8-18-19-14/h2-6,8H,7,9-12H2,1H3,(H,18,19). The third-order valence-electron chi connectivity index (χ3n) is 4.10. The van der Waals surface area contributed by atoms with Gasteiger partial charge in [0, 0.05) is 38.6 Å². The lowest BCUT2D eigenvalue weighted by molar-refractivity contribution is -0.0360. The molecule has 118 valence electrons. The number of aromatic nitrogens is 2. The zero-order valence-electron chi connectivity index (χ0n) is 12.6. The highest BCUT2D eigenvalue weighted by molar-refractivity contribution is 5.22. The molecule has 6 heteroatoms. The number of aromatic amines is 1. The molecule has 3 rings (SSSR count). The van der Waals surface area contributed by atoms with Crippen molar-refractivity contribution in [2.75, 3.05) is 26.8 Å². The lowest BCUT2D eigenvalue weighted by Crippen LogP contribution is -2.41. The second-order valence-corrected chi connectivity index (χ2v) is 5.67. The van der Waals surface area contributed by atoms with Gasteiger partial charge in [0.15, 0.2) is 0 Å². The van der Waals surface area contributed by atoms with E-state index in [1.165, 1.54) is 12.1 Å². The first-order valence-corrected chi connectivity index (χ1v) is 7.33. The molecule has 0 spiro atoms. The quantitative estimate of drug-likeness (QED) is 0.889. The average Bonchev–Trinajstić information content (AvgIpc) is 3.18. The SMILES string of the molecule is COC1(COc2ccc(F)cc2)CCN(Cc2ccn[nH]2)C1. The number of ether oxygens (including phenoxy) is 2. The van der Waals surface area contributed by atoms with Gasteiger partial charge in [-0.05, 0) is 36.8 Å². The zero-order valence-corrected chi connectivity index (χ0v) is 12.6. The number of H-pyrrole nitrogens is 1. The molecule has 1 aliphatic heterocycles. The number of rotatable bonds is 6. The Bertz CT molecular complexity index is 588. The summed E-state index contributed by atoms with van der Waals surface area (Å²) in [5, 5.41) is 6.94. The van der Waals surface area contributed by atoms with E-state index in [1.54, 1.807) is 25.4 Å². The molecule has 1 aromatic heterocycles. The minimum absolute atomic E-state index is 0.264. The van der Waals surface area contributed by atoms with E-state index >= 15 is 0 Å². The predicted octanol–water partition coefficient (Wildman–Crippen LogP) is 2.22. The number of likely N-dealkylation sites (tertiary alicyclic amines) is 1. The fraction of sp³-hybridized carbons (Fsp3) is 0.438. The lowest BCUT2D eigenvalue weighted by Gasteiger charge is -2.28. The molecule has 1 N–H and O–H groups in total. The van der Waals surface area contributed by atoms with Gasteiger partial charge in [-0.2, -0.15) is 5.10 Å². The average molecular weight is 305 g/mol. The fourth-order valence-corrected chi connectivity index (χ4v) is 2.77. The molecule has 1 fully saturated rings. The molecule has 0 saturated carbocycles. The van der Waals surface area contributed by atoms with Gasteiger partial charge in [-0.3, -0.25) is 10.00 Å². The number of halogens is 1. The van der Waals surface area contributed by atoms with Crippen LogP contribution in [0.3, 0.4) is 0 Å². The van der Waals surface area contributed by atoms with Gasteiger partial charge in [-0.1, -0.05) is 0 Å². The van der Waals surface area contributed by atoms with Gasteiger partial charge in [-0.15, -0.1) is 0 Å². The summed E-state index contributed by atoms with van der Waals surface area (Å²) in [5.41, 5.74) is 0.764. The first kappa shape index (κ1) is 15.0. The van der Waals surface area contributed by atoms with Crippen molar-refractivity contribution in [1.29, 1.82) is 0 Å². The van der Waals surface area contributed by atoms with Gasteiger partial charge < -0.3 is 9.47 Å². The molecule has 1 unspecified atom stereocenters. The lowest BCUT2D eigenvalue weighted by atomic mass is 10.0. The number of benzene rings is 1. The largest absolute Gasteiger partial charge is 0.491 e. The van der Waals surface area contributed by atoms with Gasteiger partial charge in [0.05, 0.1) is 0 Å². The van der Waals surface area contributed by atoms with E-state index in [-0.39, 0.29) is 11.4 Å². The van der Waals surface area contributed by atoms with Gasteiger partial charge >= 0.3 is 0 Å². The maximum atomic E-state index is 12.9. The highest BCUT2D eigenvalue weighted by atomic mass is 19.1. The first-order chi connectivity index (χ1) is 10.7. The number of hydrogen-bond acceptors (Lipinski definition) is 4. The second kappa shape index (κ2) is 6.46. The van der Waals surface area contributed by atoms with E-state index in [4.69, 9.17) is 9.47 Å². The summed E-state index contributed by atoms with van der Waals surface area (Å²) in [6.45, 7) is 3.01. The van der Waals surface area contributed by atoms with Crippen molar-refractivity contribution in [3.05, 3.63) is 48.0 Å². The molecule has 22 heavy (non-hydrogen) atoms. The van der Waals surface area contributed by atoms with Gasteiger partial charge in [0.2, 0.25) is 0 Å². The monoisotopic (exact) mass is 305 g/mol. The van der Waals surface area contributed by atoms with Gasteiger partial charge in [0.1, 0.15) is 23.8 Å². The summed E-state index contributed by atoms with van der Waals surface area (Å²) in [6, 6.07) is 8.04. The molecule has 1 aromatic carbocycles. The van der Waals surface area contributed by atoms with Gasteiger partial charge in [0.25, 0.3) is 0 Å². The van der Waals surface area contributed by atoms with E-state index in [2.05, 4.69) is 15.1 Å². The molecule has 0 radical (unpaired) electrons. The van der Waals surface area contributed by atoms with Crippen LogP contribution in [0.5, 0.6) is 5.75 Å². The summed E-state index contributed by atoms with van der Waals surface area (Å²) in [7, 11) is 1.72. The Morgan fingerprint density at radius 3 is 2.82 bits per heavy atom. The van der Waals surface area contributed by atoms with E-state index in [0.29, 0.717) is 12.4 Å². The Kier molecular flexibility index (Phi) is 4.40. The fourth-order valence-electron chi connectivity index (χ4n) is 2.77. The summed E-state index contributed by atoms with van der Waals surface area (Å²) in [6.07, 6.45) is 2.66. The highest BCUT2D eigenvalue weighted by Crippen LogP contribution is 2.27. The van der Waals surface area contributed by atoms with Crippen LogP contribution in [0.2, 0.25) is 0 Å². The van der Waals surface area contributed by atoms with Crippen molar-refractivity contribution in [2.45, 2.75) is 18.6 Å². The van der Waals surface area contributed by atoms with Crippen LogP contribution < -0.4 is 4.74 Å². The maximum absolute atomic E-state index is 12.9. The minimum Gasteiger partial charge on any atom is -0.491 e. The van der Waals surface area contributed by atoms with E-state index < -0.39 is 0 Å². The Morgan fingerprint density at radius 1 is 1.32 bits per heavy atom. The normalized spacial score (nSPS) is 22.1. The topological polar surface area (TPSA) is 50.4 Å². The van der Waals surface area contributed by atoms with Crippen molar-refractivity contribution in [1.82, 2.24) is 15.1 Å². The van der Waals surface area contributed by atoms with E-state index in [1.807, 2.05) is 6.07 Å². The molecule has 0 aliphatic carbocycles. The number of nitrogens with one attached hydrogen (secondary N) is 1. The molecule has 1 aliphatic rings. The zero-order chi connectivity index (χ0) is 15.4. The number of hydrogen-bond donors (Lipinski definition) is 1. The van der Waals surface area contributed by atoms with Crippen molar-refractivity contribution in [3.63, 3.8) is 0 Å². The first-order valence-electron chi connectivity index (χ1n) is 7.33. The van der Waals surface area contributed by atoms with Gasteiger partial charge in [-0.25, -0.2) is 4.39 Å². The predicted molar refractivity (Wildman–Crippen MR) is 80.1 cm³/mol. The van der Waals surface area contributed by atoms with Crippen molar-refractivity contribution in [2.24, 2.45) is 0 Å².